The highest BCUT2D eigenvalue weighted by Gasteiger charge is 2.15. The van der Waals surface area contributed by atoms with E-state index < -0.39 is 0 Å². The van der Waals surface area contributed by atoms with Gasteiger partial charge in [-0.25, -0.2) is 9.97 Å². The summed E-state index contributed by atoms with van der Waals surface area (Å²) in [5.41, 5.74) is 8.69. The van der Waals surface area contributed by atoms with E-state index in [0.29, 0.717) is 46.4 Å². The summed E-state index contributed by atoms with van der Waals surface area (Å²) in [6, 6.07) is 23.9. The van der Waals surface area contributed by atoms with Gasteiger partial charge in [0, 0.05) is 12.6 Å². The van der Waals surface area contributed by atoms with Crippen molar-refractivity contribution in [3.05, 3.63) is 101 Å². The average molecular weight is 451 g/mol. The molecule has 0 aliphatic heterocycles. The first-order valence-corrected chi connectivity index (χ1v) is 10.5. The fraction of sp³-hybridized carbons (Fsp3) is 0.0769. The molecule has 1 heterocycles. The first-order valence-electron chi connectivity index (χ1n) is 10.5. The highest BCUT2D eigenvalue weighted by molar-refractivity contribution is 6.16. The predicted molar refractivity (Wildman–Crippen MR) is 130 cm³/mol. The van der Waals surface area contributed by atoms with Gasteiger partial charge in [-0.05, 0) is 54.1 Å². The van der Waals surface area contributed by atoms with Crippen LogP contribution in [0.5, 0.6) is 17.2 Å². The van der Waals surface area contributed by atoms with Gasteiger partial charge in [0.2, 0.25) is 0 Å². The molecular weight excluding hydrogens is 428 g/mol. The number of para-hydroxylation sites is 1. The third-order valence-electron chi connectivity index (χ3n) is 5.04. The van der Waals surface area contributed by atoms with E-state index in [0.717, 1.165) is 5.56 Å². The van der Waals surface area contributed by atoms with Crippen molar-refractivity contribution >= 4 is 17.3 Å². The molecule has 0 radical (unpaired) electrons. The molecule has 0 unspecified atom stereocenters. The Balaban J connectivity index is 1.45. The van der Waals surface area contributed by atoms with Crippen molar-refractivity contribution in [1.82, 2.24) is 9.97 Å². The van der Waals surface area contributed by atoms with Crippen LogP contribution in [0.1, 0.15) is 22.3 Å². The molecule has 0 atom stereocenters. The molecule has 0 aliphatic carbocycles. The van der Waals surface area contributed by atoms with Crippen molar-refractivity contribution < 1.29 is 9.47 Å². The van der Waals surface area contributed by atoms with Crippen molar-refractivity contribution in [3.63, 3.8) is 0 Å². The lowest BCUT2D eigenvalue weighted by atomic mass is 10.0. The minimum Gasteiger partial charge on any atom is -0.488 e. The topological polar surface area (TPSA) is 130 Å². The van der Waals surface area contributed by atoms with E-state index >= 15 is 0 Å². The number of benzene rings is 3. The minimum absolute atomic E-state index is 0.214. The van der Waals surface area contributed by atoms with Crippen LogP contribution in [0.3, 0.4) is 0 Å². The molecule has 0 spiro atoms. The number of anilines is 2. The van der Waals surface area contributed by atoms with Crippen molar-refractivity contribution in [2.75, 3.05) is 18.1 Å². The zero-order valence-electron chi connectivity index (χ0n) is 18.4. The van der Waals surface area contributed by atoms with Crippen LogP contribution in [0.2, 0.25) is 0 Å². The number of ether oxygens (including phenoxy) is 2. The Labute approximate surface area is 197 Å². The van der Waals surface area contributed by atoms with Crippen LogP contribution >= 0.6 is 0 Å². The van der Waals surface area contributed by atoms with E-state index in [1.807, 2.05) is 30.3 Å². The first kappa shape index (κ1) is 22.3. The number of nitrogens with zero attached hydrogens (tertiary/aromatic N) is 3. The van der Waals surface area contributed by atoms with Gasteiger partial charge in [0.05, 0.1) is 16.8 Å². The van der Waals surface area contributed by atoms with Crippen molar-refractivity contribution in [1.29, 1.82) is 10.7 Å². The summed E-state index contributed by atoms with van der Waals surface area (Å²) in [5.74, 6) is 2.54. The third-order valence-corrected chi connectivity index (χ3v) is 5.04. The van der Waals surface area contributed by atoms with E-state index in [1.165, 1.54) is 6.33 Å². The summed E-state index contributed by atoms with van der Waals surface area (Å²) in [7, 11) is 1.72. The van der Waals surface area contributed by atoms with Gasteiger partial charge in [-0.15, -0.1) is 0 Å². The molecule has 4 rings (SSSR count). The lowest BCUT2D eigenvalue weighted by Crippen LogP contribution is -2.12. The summed E-state index contributed by atoms with van der Waals surface area (Å²) in [6.45, 7) is 0.306. The molecule has 0 fully saturated rings. The maximum atomic E-state index is 9.20. The van der Waals surface area contributed by atoms with E-state index in [2.05, 4.69) is 21.4 Å². The van der Waals surface area contributed by atoms with Crippen molar-refractivity contribution in [2.45, 2.75) is 6.61 Å². The molecule has 0 saturated carbocycles. The van der Waals surface area contributed by atoms with Crippen LogP contribution < -0.4 is 20.5 Å². The van der Waals surface area contributed by atoms with E-state index in [4.69, 9.17) is 20.6 Å². The van der Waals surface area contributed by atoms with E-state index in [-0.39, 0.29) is 11.5 Å². The molecule has 4 N–H and O–H groups in total. The molecule has 4 aromatic rings. The zero-order chi connectivity index (χ0) is 23.9. The maximum absolute atomic E-state index is 9.20. The minimum atomic E-state index is 0.214. The highest BCUT2D eigenvalue weighted by Crippen LogP contribution is 2.26. The average Bonchev–Trinajstić information content (AvgIpc) is 2.87. The van der Waals surface area contributed by atoms with Gasteiger partial charge in [-0.1, -0.05) is 24.3 Å². The number of nitrogen functional groups attached to an aromatic ring is 1. The van der Waals surface area contributed by atoms with Gasteiger partial charge in [0.1, 0.15) is 47.9 Å². The van der Waals surface area contributed by atoms with Crippen LogP contribution in [0.15, 0.2) is 79.1 Å². The summed E-state index contributed by atoms with van der Waals surface area (Å²) in [4.78, 5) is 8.13. The number of nitrogens with two attached hydrogens (primary N) is 1. The molecule has 8 heteroatoms. The van der Waals surface area contributed by atoms with E-state index in [9.17, 15) is 5.26 Å². The molecule has 34 heavy (non-hydrogen) atoms. The Kier molecular flexibility index (Phi) is 6.65. The van der Waals surface area contributed by atoms with E-state index in [1.54, 1.807) is 49.5 Å². The van der Waals surface area contributed by atoms with Gasteiger partial charge < -0.3 is 20.5 Å². The molecular formula is C26H22N6O2. The second-order valence-electron chi connectivity index (χ2n) is 7.28. The molecule has 0 aliphatic rings. The van der Waals surface area contributed by atoms with Gasteiger partial charge >= 0.3 is 0 Å². The second kappa shape index (κ2) is 10.1. The molecule has 3 aromatic carbocycles. The van der Waals surface area contributed by atoms with Gasteiger partial charge in [-0.2, -0.15) is 5.26 Å². The normalized spacial score (nSPS) is 10.2. The summed E-state index contributed by atoms with van der Waals surface area (Å²) >= 11 is 0. The fourth-order valence-electron chi connectivity index (χ4n) is 3.35. The summed E-state index contributed by atoms with van der Waals surface area (Å²) in [6.07, 6.45) is 1.36. The highest BCUT2D eigenvalue weighted by atomic mass is 16.5. The van der Waals surface area contributed by atoms with Crippen LogP contribution in [-0.2, 0) is 6.61 Å². The van der Waals surface area contributed by atoms with Crippen LogP contribution in [0.4, 0.5) is 11.6 Å². The lowest BCUT2D eigenvalue weighted by Gasteiger charge is -2.12. The smallest absolute Gasteiger partial charge is 0.140 e. The van der Waals surface area contributed by atoms with Gasteiger partial charge in [-0.3, -0.25) is 5.41 Å². The molecule has 168 valence electrons. The van der Waals surface area contributed by atoms with Crippen LogP contribution in [0.25, 0.3) is 0 Å². The lowest BCUT2D eigenvalue weighted by molar-refractivity contribution is 0.304. The Morgan fingerprint density at radius 3 is 2.59 bits per heavy atom. The van der Waals surface area contributed by atoms with Crippen LogP contribution in [-0.4, -0.2) is 22.7 Å². The maximum Gasteiger partial charge on any atom is 0.140 e. The number of hydrogen-bond acceptors (Lipinski definition) is 8. The number of rotatable bonds is 8. The number of nitrogens with one attached hydrogen (secondary N) is 2. The summed E-state index contributed by atoms with van der Waals surface area (Å²) < 4.78 is 11.8. The molecule has 0 bridgehead atoms. The fourth-order valence-corrected chi connectivity index (χ4v) is 3.35. The molecule has 1 aromatic heterocycles. The number of hydrogen-bond donors (Lipinski definition) is 3. The molecule has 0 saturated heterocycles. The Bertz CT molecular complexity index is 1360. The Hall–Kier alpha value is -4.90. The largest absolute Gasteiger partial charge is 0.488 e. The number of nitriles is 1. The zero-order valence-corrected chi connectivity index (χ0v) is 18.4. The second-order valence-corrected chi connectivity index (χ2v) is 7.28. The first-order chi connectivity index (χ1) is 16.6. The monoisotopic (exact) mass is 450 g/mol. The standard InChI is InChI=1S/C26H22N6O2/c1-30-26-23(25(29)31-16-32-26)24(28)18-9-11-20(12-10-18)34-21-7-4-5-17(13-21)15-33-22-8-3-2-6-19(22)14-27/h2-13,16,28H,15H2,1H3,(H3,29,30,31,32). The number of aromatic nitrogens is 2. The van der Waals surface area contributed by atoms with Crippen molar-refractivity contribution in [2.24, 2.45) is 0 Å². The quantitative estimate of drug-likeness (QED) is 0.330. The van der Waals surface area contributed by atoms with Gasteiger partial charge in [0.25, 0.3) is 0 Å². The summed E-state index contributed by atoms with van der Waals surface area (Å²) in [5, 5.41) is 20.7. The van der Waals surface area contributed by atoms with Gasteiger partial charge in [0.15, 0.2) is 0 Å². The third kappa shape index (κ3) is 4.95. The SMILES string of the molecule is CNc1ncnc(N)c1C(=N)c1ccc(Oc2cccc(COc3ccccc3C#N)c2)cc1. The van der Waals surface area contributed by atoms with Crippen LogP contribution in [0, 0.1) is 16.7 Å². The molecule has 8 nitrogen and oxygen atoms in total. The predicted octanol–water partition coefficient (Wildman–Crippen LogP) is 4.76. The Morgan fingerprint density at radius 2 is 1.82 bits per heavy atom. The van der Waals surface area contributed by atoms with Crippen molar-refractivity contribution in [3.8, 4) is 23.3 Å². The molecule has 0 amide bonds. The Morgan fingerprint density at radius 1 is 1.03 bits per heavy atom.